The lowest BCUT2D eigenvalue weighted by Crippen LogP contribution is -2.02. The average molecular weight is 305 g/mol. The van der Waals surface area contributed by atoms with Crippen LogP contribution in [-0.2, 0) is 13.0 Å². The van der Waals surface area contributed by atoms with Crippen molar-refractivity contribution in [3.8, 4) is 0 Å². The number of hydrogen-bond donors (Lipinski definition) is 1. The fraction of sp³-hybridized carbons (Fsp3) is 0.267. The Hall–Kier alpha value is -1.35. The molecule has 2 rings (SSSR count). The Kier molecular flexibility index (Phi) is 4.37. The zero-order valence-electron chi connectivity index (χ0n) is 10.7. The predicted octanol–water partition coefficient (Wildman–Crippen LogP) is 4.33. The summed E-state index contributed by atoms with van der Waals surface area (Å²) in [4.78, 5) is 4.34. The second kappa shape index (κ2) is 6.01. The van der Waals surface area contributed by atoms with Gasteiger partial charge in [0.15, 0.2) is 0 Å². The predicted molar refractivity (Wildman–Crippen MR) is 79.8 cm³/mol. The van der Waals surface area contributed by atoms with Gasteiger partial charge in [0.1, 0.15) is 0 Å². The average Bonchev–Trinajstić information content (AvgIpc) is 2.39. The maximum absolute atomic E-state index is 4.34. The Morgan fingerprint density at radius 3 is 2.72 bits per heavy atom. The van der Waals surface area contributed by atoms with Crippen LogP contribution in [0.3, 0.4) is 0 Å². The van der Waals surface area contributed by atoms with Crippen molar-refractivity contribution in [1.82, 2.24) is 4.98 Å². The SMILES string of the molecule is CCc1cc(NCc2ccc(Br)cn2)ccc1C. The molecule has 2 aromatic rings. The molecular formula is C15H17BrN2. The fourth-order valence-corrected chi connectivity index (χ4v) is 2.10. The molecule has 0 radical (unpaired) electrons. The van der Waals surface area contributed by atoms with Crippen LogP contribution in [0.1, 0.15) is 23.7 Å². The van der Waals surface area contributed by atoms with E-state index in [0.29, 0.717) is 0 Å². The molecule has 1 N–H and O–H groups in total. The topological polar surface area (TPSA) is 24.9 Å². The molecule has 1 aromatic heterocycles. The Bertz CT molecular complexity index is 521. The first kappa shape index (κ1) is 13.1. The Morgan fingerprint density at radius 1 is 1.22 bits per heavy atom. The summed E-state index contributed by atoms with van der Waals surface area (Å²) in [6, 6.07) is 10.5. The van der Waals surface area contributed by atoms with Crippen LogP contribution in [0, 0.1) is 6.92 Å². The molecule has 1 heterocycles. The minimum atomic E-state index is 0.749. The number of nitrogens with one attached hydrogen (secondary N) is 1. The molecular weight excluding hydrogens is 288 g/mol. The van der Waals surface area contributed by atoms with E-state index in [2.05, 4.69) is 58.3 Å². The monoisotopic (exact) mass is 304 g/mol. The summed E-state index contributed by atoms with van der Waals surface area (Å²) < 4.78 is 1.01. The van der Waals surface area contributed by atoms with E-state index in [4.69, 9.17) is 0 Å². The van der Waals surface area contributed by atoms with Crippen molar-refractivity contribution in [2.75, 3.05) is 5.32 Å². The largest absolute Gasteiger partial charge is 0.379 e. The van der Waals surface area contributed by atoms with E-state index >= 15 is 0 Å². The number of nitrogens with zero attached hydrogens (tertiary/aromatic N) is 1. The van der Waals surface area contributed by atoms with Crippen molar-refractivity contribution in [3.63, 3.8) is 0 Å². The number of anilines is 1. The van der Waals surface area contributed by atoms with E-state index in [1.165, 1.54) is 11.1 Å². The van der Waals surface area contributed by atoms with Gasteiger partial charge in [-0.25, -0.2) is 0 Å². The highest BCUT2D eigenvalue weighted by atomic mass is 79.9. The molecule has 0 aliphatic carbocycles. The zero-order valence-corrected chi connectivity index (χ0v) is 12.3. The van der Waals surface area contributed by atoms with Gasteiger partial charge in [0.05, 0.1) is 12.2 Å². The van der Waals surface area contributed by atoms with Crippen molar-refractivity contribution >= 4 is 21.6 Å². The minimum Gasteiger partial charge on any atom is -0.379 e. The van der Waals surface area contributed by atoms with E-state index < -0.39 is 0 Å². The molecule has 0 aliphatic rings. The van der Waals surface area contributed by atoms with Gasteiger partial charge in [-0.3, -0.25) is 4.98 Å². The molecule has 94 valence electrons. The number of halogens is 1. The van der Waals surface area contributed by atoms with E-state index in [9.17, 15) is 0 Å². The first-order valence-corrected chi connectivity index (χ1v) is 6.92. The molecule has 1 aromatic carbocycles. The van der Waals surface area contributed by atoms with E-state index in [-0.39, 0.29) is 0 Å². The number of hydrogen-bond acceptors (Lipinski definition) is 2. The molecule has 0 saturated heterocycles. The Morgan fingerprint density at radius 2 is 2.06 bits per heavy atom. The van der Waals surface area contributed by atoms with Gasteiger partial charge in [0.2, 0.25) is 0 Å². The second-order valence-corrected chi connectivity index (χ2v) is 5.23. The lowest BCUT2D eigenvalue weighted by atomic mass is 10.1. The van der Waals surface area contributed by atoms with Gasteiger partial charge in [0, 0.05) is 16.4 Å². The summed E-state index contributed by atoms with van der Waals surface area (Å²) in [6.45, 7) is 5.08. The van der Waals surface area contributed by atoms with Crippen molar-refractivity contribution in [3.05, 3.63) is 57.8 Å². The summed E-state index contributed by atoms with van der Waals surface area (Å²) in [6.07, 6.45) is 2.89. The number of aromatic nitrogens is 1. The first-order valence-electron chi connectivity index (χ1n) is 6.13. The number of pyridine rings is 1. The maximum Gasteiger partial charge on any atom is 0.0595 e. The van der Waals surface area contributed by atoms with E-state index in [1.807, 2.05) is 18.3 Å². The number of aryl methyl sites for hydroxylation is 2. The summed E-state index contributed by atoms with van der Waals surface area (Å²) in [5.74, 6) is 0. The first-order chi connectivity index (χ1) is 8.69. The third kappa shape index (κ3) is 3.33. The summed E-state index contributed by atoms with van der Waals surface area (Å²) >= 11 is 3.39. The van der Waals surface area contributed by atoms with Crippen LogP contribution in [0.4, 0.5) is 5.69 Å². The molecule has 0 spiro atoms. The van der Waals surface area contributed by atoms with Gasteiger partial charge < -0.3 is 5.32 Å². The molecule has 0 bridgehead atoms. The van der Waals surface area contributed by atoms with Crippen LogP contribution in [0.2, 0.25) is 0 Å². The number of rotatable bonds is 4. The Balaban J connectivity index is 2.04. The zero-order chi connectivity index (χ0) is 13.0. The molecule has 18 heavy (non-hydrogen) atoms. The van der Waals surface area contributed by atoms with Crippen LogP contribution in [0.25, 0.3) is 0 Å². The lowest BCUT2D eigenvalue weighted by Gasteiger charge is -2.09. The van der Waals surface area contributed by atoms with E-state index in [0.717, 1.165) is 28.8 Å². The van der Waals surface area contributed by atoms with Gasteiger partial charge in [-0.1, -0.05) is 13.0 Å². The standard InChI is InChI=1S/C15H17BrN2/c1-3-12-8-14(6-4-11(12)2)18-10-15-7-5-13(16)9-17-15/h4-9,18H,3,10H2,1-2H3. The smallest absolute Gasteiger partial charge is 0.0595 e. The highest BCUT2D eigenvalue weighted by Gasteiger charge is 1.99. The number of benzene rings is 1. The molecule has 0 unspecified atom stereocenters. The molecule has 0 aliphatic heterocycles. The van der Waals surface area contributed by atoms with Gasteiger partial charge >= 0.3 is 0 Å². The molecule has 2 nitrogen and oxygen atoms in total. The van der Waals surface area contributed by atoms with Crippen molar-refractivity contribution in [1.29, 1.82) is 0 Å². The van der Waals surface area contributed by atoms with Crippen LogP contribution in [0.5, 0.6) is 0 Å². The third-order valence-electron chi connectivity index (χ3n) is 2.99. The van der Waals surface area contributed by atoms with Crippen molar-refractivity contribution < 1.29 is 0 Å². The maximum atomic E-state index is 4.34. The summed E-state index contributed by atoms with van der Waals surface area (Å²) in [7, 11) is 0. The highest BCUT2D eigenvalue weighted by Crippen LogP contribution is 2.16. The third-order valence-corrected chi connectivity index (χ3v) is 3.46. The van der Waals surface area contributed by atoms with Gasteiger partial charge in [0.25, 0.3) is 0 Å². The quantitative estimate of drug-likeness (QED) is 0.909. The van der Waals surface area contributed by atoms with Crippen LogP contribution < -0.4 is 5.32 Å². The highest BCUT2D eigenvalue weighted by molar-refractivity contribution is 9.10. The molecule has 0 atom stereocenters. The van der Waals surface area contributed by atoms with Crippen molar-refractivity contribution in [2.24, 2.45) is 0 Å². The summed E-state index contributed by atoms with van der Waals surface area (Å²) in [5, 5.41) is 3.40. The van der Waals surface area contributed by atoms with E-state index in [1.54, 1.807) is 0 Å². The Labute approximate surface area is 117 Å². The van der Waals surface area contributed by atoms with Gasteiger partial charge in [-0.2, -0.15) is 0 Å². The summed E-state index contributed by atoms with van der Waals surface area (Å²) in [5.41, 5.74) is 4.94. The lowest BCUT2D eigenvalue weighted by molar-refractivity contribution is 1.04. The molecule has 0 fully saturated rings. The van der Waals surface area contributed by atoms with Crippen LogP contribution in [0.15, 0.2) is 41.0 Å². The van der Waals surface area contributed by atoms with Gasteiger partial charge in [-0.05, 0) is 64.7 Å². The van der Waals surface area contributed by atoms with Crippen LogP contribution >= 0.6 is 15.9 Å². The fourth-order valence-electron chi connectivity index (χ4n) is 1.87. The minimum absolute atomic E-state index is 0.749. The van der Waals surface area contributed by atoms with Crippen molar-refractivity contribution in [2.45, 2.75) is 26.8 Å². The second-order valence-electron chi connectivity index (χ2n) is 4.32. The molecule has 3 heteroatoms. The van der Waals surface area contributed by atoms with Crippen LogP contribution in [-0.4, -0.2) is 4.98 Å². The molecule has 0 saturated carbocycles. The normalized spacial score (nSPS) is 10.4. The van der Waals surface area contributed by atoms with Gasteiger partial charge in [-0.15, -0.1) is 0 Å². The molecule has 0 amide bonds.